The van der Waals surface area contributed by atoms with E-state index in [0.29, 0.717) is 12.5 Å². The van der Waals surface area contributed by atoms with Gasteiger partial charge in [0.25, 0.3) is 0 Å². The second-order valence-corrected chi connectivity index (χ2v) is 4.72. The van der Waals surface area contributed by atoms with Gasteiger partial charge in [0.2, 0.25) is 0 Å². The van der Waals surface area contributed by atoms with Gasteiger partial charge in [0.15, 0.2) is 0 Å². The summed E-state index contributed by atoms with van der Waals surface area (Å²) in [5.41, 5.74) is 1.84. The summed E-state index contributed by atoms with van der Waals surface area (Å²) < 4.78 is 11.0. The van der Waals surface area contributed by atoms with E-state index in [9.17, 15) is 0 Å². The Kier molecular flexibility index (Phi) is 7.02. The van der Waals surface area contributed by atoms with Crippen LogP contribution in [0.2, 0.25) is 0 Å². The molecule has 0 saturated heterocycles. The first-order valence-electron chi connectivity index (χ1n) is 6.51. The summed E-state index contributed by atoms with van der Waals surface area (Å²) in [4.78, 5) is 0. The van der Waals surface area contributed by atoms with Gasteiger partial charge in [0.1, 0.15) is 12.4 Å². The van der Waals surface area contributed by atoms with Crippen molar-refractivity contribution in [1.82, 2.24) is 0 Å². The summed E-state index contributed by atoms with van der Waals surface area (Å²) in [5, 5.41) is 8.70. The zero-order valence-electron chi connectivity index (χ0n) is 11.9. The molecule has 19 heavy (non-hydrogen) atoms. The zero-order chi connectivity index (χ0) is 14.1. The normalized spacial score (nSPS) is 10.2. The van der Waals surface area contributed by atoms with E-state index < -0.39 is 0 Å². The highest BCUT2D eigenvalue weighted by molar-refractivity contribution is 5.44. The van der Waals surface area contributed by atoms with Gasteiger partial charge < -0.3 is 14.6 Å². The molecule has 0 aromatic heterocycles. The maximum atomic E-state index is 8.70. The lowest BCUT2D eigenvalue weighted by molar-refractivity contribution is 0.109. The highest BCUT2D eigenvalue weighted by Crippen LogP contribution is 2.20. The topological polar surface area (TPSA) is 38.7 Å². The van der Waals surface area contributed by atoms with Gasteiger partial charge in [-0.1, -0.05) is 25.7 Å². The molecule has 3 heteroatoms. The highest BCUT2D eigenvalue weighted by Gasteiger charge is 2.04. The van der Waals surface area contributed by atoms with E-state index in [0.717, 1.165) is 29.9 Å². The molecule has 1 N–H and O–H groups in total. The number of aliphatic hydroxyl groups excluding tert-OH is 1. The molecular formula is C16H22O3. The predicted octanol–water partition coefficient (Wildman–Crippen LogP) is 2.60. The predicted molar refractivity (Wildman–Crippen MR) is 76.1 cm³/mol. The van der Waals surface area contributed by atoms with Gasteiger partial charge in [-0.3, -0.25) is 0 Å². The molecule has 0 bridgehead atoms. The van der Waals surface area contributed by atoms with Gasteiger partial charge in [0.05, 0.1) is 13.7 Å². The number of hydrogen-bond acceptors (Lipinski definition) is 3. The van der Waals surface area contributed by atoms with Crippen LogP contribution in [0.15, 0.2) is 18.2 Å². The van der Waals surface area contributed by atoms with Gasteiger partial charge in [-0.2, -0.15) is 0 Å². The highest BCUT2D eigenvalue weighted by atomic mass is 16.5. The van der Waals surface area contributed by atoms with Crippen molar-refractivity contribution >= 4 is 0 Å². The monoisotopic (exact) mass is 262 g/mol. The minimum Gasteiger partial charge on any atom is -0.496 e. The second-order valence-electron chi connectivity index (χ2n) is 4.72. The summed E-state index contributed by atoms with van der Waals surface area (Å²) in [6.45, 7) is 5.48. The summed E-state index contributed by atoms with van der Waals surface area (Å²) in [5.74, 6) is 6.97. The van der Waals surface area contributed by atoms with Crippen molar-refractivity contribution < 1.29 is 14.6 Å². The van der Waals surface area contributed by atoms with Crippen LogP contribution in [0.3, 0.4) is 0 Å². The van der Waals surface area contributed by atoms with Crippen molar-refractivity contribution in [2.45, 2.75) is 26.9 Å². The van der Waals surface area contributed by atoms with E-state index in [1.165, 1.54) is 0 Å². The quantitative estimate of drug-likeness (QED) is 0.632. The van der Waals surface area contributed by atoms with Crippen molar-refractivity contribution in [3.05, 3.63) is 29.3 Å². The molecule has 1 aromatic rings. The summed E-state index contributed by atoms with van der Waals surface area (Å²) >= 11 is 0. The number of ether oxygens (including phenoxy) is 2. The van der Waals surface area contributed by atoms with Gasteiger partial charge in [-0.05, 0) is 30.5 Å². The van der Waals surface area contributed by atoms with Crippen LogP contribution in [-0.2, 0) is 11.3 Å². The maximum Gasteiger partial charge on any atom is 0.124 e. The molecule has 0 radical (unpaired) electrons. The molecule has 0 unspecified atom stereocenters. The van der Waals surface area contributed by atoms with Gasteiger partial charge in [-0.15, -0.1) is 0 Å². The van der Waals surface area contributed by atoms with E-state index in [1.54, 1.807) is 7.11 Å². The average Bonchev–Trinajstić information content (AvgIpc) is 2.41. The van der Waals surface area contributed by atoms with Crippen molar-refractivity contribution in [2.75, 3.05) is 20.3 Å². The average molecular weight is 262 g/mol. The smallest absolute Gasteiger partial charge is 0.124 e. The summed E-state index contributed by atoms with van der Waals surface area (Å²) in [6, 6.07) is 5.69. The summed E-state index contributed by atoms with van der Waals surface area (Å²) in [6.07, 6.45) is 1.05. The molecule has 104 valence electrons. The van der Waals surface area contributed by atoms with Gasteiger partial charge >= 0.3 is 0 Å². The third kappa shape index (κ3) is 5.78. The molecule has 0 saturated carbocycles. The molecule has 1 rings (SSSR count). The van der Waals surface area contributed by atoms with E-state index >= 15 is 0 Å². The fraction of sp³-hybridized carbons (Fsp3) is 0.500. The molecule has 3 nitrogen and oxygen atoms in total. The molecule has 0 amide bonds. The lowest BCUT2D eigenvalue weighted by Crippen LogP contribution is -2.01. The molecule has 1 aromatic carbocycles. The summed E-state index contributed by atoms with van der Waals surface area (Å²) in [7, 11) is 1.64. The fourth-order valence-corrected chi connectivity index (χ4v) is 1.61. The first kappa shape index (κ1) is 15.6. The molecule has 0 fully saturated rings. The van der Waals surface area contributed by atoms with Crippen molar-refractivity contribution in [3.63, 3.8) is 0 Å². The van der Waals surface area contributed by atoms with Crippen molar-refractivity contribution in [3.8, 4) is 17.6 Å². The molecule has 0 aliphatic carbocycles. The third-order valence-corrected chi connectivity index (χ3v) is 2.69. The van der Waals surface area contributed by atoms with Crippen LogP contribution < -0.4 is 4.74 Å². The van der Waals surface area contributed by atoms with Crippen molar-refractivity contribution in [2.24, 2.45) is 5.92 Å². The van der Waals surface area contributed by atoms with Crippen LogP contribution in [0.25, 0.3) is 0 Å². The Hall–Kier alpha value is -1.50. The van der Waals surface area contributed by atoms with Crippen LogP contribution in [-0.4, -0.2) is 25.4 Å². The van der Waals surface area contributed by atoms with Crippen LogP contribution in [0, 0.1) is 17.8 Å². The number of aliphatic hydroxyl groups is 1. The number of benzene rings is 1. The number of rotatable bonds is 6. The van der Waals surface area contributed by atoms with E-state index in [4.69, 9.17) is 14.6 Å². The second kappa shape index (κ2) is 8.58. The fourth-order valence-electron chi connectivity index (χ4n) is 1.61. The SMILES string of the molecule is COc1ccc(C#CCO)cc1COCCC(C)C. The largest absolute Gasteiger partial charge is 0.496 e. The molecule has 0 aliphatic rings. The Balaban J connectivity index is 2.67. The van der Waals surface area contributed by atoms with Crippen LogP contribution in [0.1, 0.15) is 31.4 Å². The van der Waals surface area contributed by atoms with Crippen LogP contribution in [0.5, 0.6) is 5.75 Å². The standard InChI is InChI=1S/C16H22O3/c1-13(2)8-10-19-12-15-11-14(5-4-9-17)6-7-16(15)18-3/h6-7,11,13,17H,8-10,12H2,1-3H3. The van der Waals surface area contributed by atoms with Gasteiger partial charge in [0, 0.05) is 17.7 Å². The van der Waals surface area contributed by atoms with E-state index in [2.05, 4.69) is 25.7 Å². The first-order chi connectivity index (χ1) is 9.17. The Bertz CT molecular complexity index is 441. The van der Waals surface area contributed by atoms with Crippen LogP contribution in [0.4, 0.5) is 0 Å². The molecule has 0 heterocycles. The third-order valence-electron chi connectivity index (χ3n) is 2.69. The molecular weight excluding hydrogens is 240 g/mol. The number of methoxy groups -OCH3 is 1. The maximum absolute atomic E-state index is 8.70. The lowest BCUT2D eigenvalue weighted by atomic mass is 10.1. The Morgan fingerprint density at radius 1 is 1.32 bits per heavy atom. The molecule has 0 aliphatic heterocycles. The minimum absolute atomic E-state index is 0.133. The minimum atomic E-state index is -0.133. The van der Waals surface area contributed by atoms with Gasteiger partial charge in [-0.25, -0.2) is 0 Å². The Morgan fingerprint density at radius 2 is 2.11 bits per heavy atom. The van der Waals surface area contributed by atoms with E-state index in [1.807, 2.05) is 18.2 Å². The Labute approximate surface area is 115 Å². The lowest BCUT2D eigenvalue weighted by Gasteiger charge is -2.10. The number of hydrogen-bond donors (Lipinski definition) is 1. The molecule has 0 atom stereocenters. The molecule has 0 spiro atoms. The Morgan fingerprint density at radius 3 is 2.74 bits per heavy atom. The van der Waals surface area contributed by atoms with Crippen LogP contribution >= 0.6 is 0 Å². The zero-order valence-corrected chi connectivity index (χ0v) is 11.9. The van der Waals surface area contributed by atoms with Crippen molar-refractivity contribution in [1.29, 1.82) is 0 Å². The first-order valence-corrected chi connectivity index (χ1v) is 6.51. The van der Waals surface area contributed by atoms with E-state index in [-0.39, 0.29) is 6.61 Å².